The maximum Gasteiger partial charge on any atom is 0.157 e. The van der Waals surface area contributed by atoms with E-state index in [0.29, 0.717) is 30.0 Å². The highest BCUT2D eigenvalue weighted by Gasteiger charge is 2.35. The molecule has 1 saturated heterocycles. The minimum Gasteiger partial charge on any atom is -0.385 e. The SMILES string of the molecule is CC.CC1CN(C)C(C)C1C.[B]c1ccc2cc(-c3nc4cc(C=O)cc5c4n3CCC5(C)O)n(CC3CC3)c2n1. The van der Waals surface area contributed by atoms with Gasteiger partial charge in [-0.2, -0.15) is 0 Å². The molecule has 8 heteroatoms. The van der Waals surface area contributed by atoms with E-state index >= 15 is 0 Å². The van der Waals surface area contributed by atoms with Crippen LogP contribution in [0, 0.1) is 17.8 Å². The lowest BCUT2D eigenvalue weighted by atomic mass is 9.87. The van der Waals surface area contributed by atoms with E-state index in [1.54, 1.807) is 12.1 Å². The number of imidazole rings is 1. The van der Waals surface area contributed by atoms with E-state index in [4.69, 9.17) is 12.8 Å². The van der Waals surface area contributed by atoms with E-state index in [9.17, 15) is 9.90 Å². The third-order valence-electron chi connectivity index (χ3n) is 9.46. The fraction of sp³-hybridized carbons (Fsp3) is 0.545. The molecule has 5 heterocycles. The number of aldehydes is 1. The van der Waals surface area contributed by atoms with Crippen LogP contribution in [0.4, 0.5) is 0 Å². The van der Waals surface area contributed by atoms with Crippen LogP contribution in [0.15, 0.2) is 30.3 Å². The molecule has 216 valence electrons. The molecule has 4 unspecified atom stereocenters. The molecule has 0 bridgehead atoms. The molecule has 0 amide bonds. The van der Waals surface area contributed by atoms with Crippen molar-refractivity contribution in [2.45, 2.75) is 85.5 Å². The normalized spacial score (nSPS) is 25.5. The number of fused-ring (bicyclic) bond motifs is 1. The Morgan fingerprint density at radius 1 is 1.12 bits per heavy atom. The van der Waals surface area contributed by atoms with Crippen molar-refractivity contribution in [3.05, 3.63) is 41.5 Å². The molecule has 1 aromatic carbocycles. The molecule has 2 radical (unpaired) electrons. The molecule has 1 aliphatic carbocycles. The van der Waals surface area contributed by atoms with E-state index in [-0.39, 0.29) is 0 Å². The van der Waals surface area contributed by atoms with E-state index in [1.165, 1.54) is 19.4 Å². The van der Waals surface area contributed by atoms with Gasteiger partial charge >= 0.3 is 0 Å². The number of aromatic nitrogens is 4. The van der Waals surface area contributed by atoms with Gasteiger partial charge in [0.05, 0.1) is 22.3 Å². The minimum absolute atomic E-state index is 0.507. The molecule has 4 atom stereocenters. The zero-order chi connectivity index (χ0) is 29.6. The highest BCUT2D eigenvalue weighted by molar-refractivity contribution is 6.31. The largest absolute Gasteiger partial charge is 0.385 e. The van der Waals surface area contributed by atoms with E-state index < -0.39 is 5.60 Å². The molecule has 0 spiro atoms. The molecule has 1 N–H and O–H groups in total. The molecular formula is C33H44BN5O2. The minimum atomic E-state index is -0.985. The van der Waals surface area contributed by atoms with Gasteiger partial charge in [-0.05, 0) is 81.7 Å². The Bertz CT molecular complexity index is 1560. The highest BCUT2D eigenvalue weighted by atomic mass is 16.3. The summed E-state index contributed by atoms with van der Waals surface area (Å²) in [6.45, 7) is 15.6. The first-order chi connectivity index (χ1) is 19.6. The van der Waals surface area contributed by atoms with Gasteiger partial charge in [0.1, 0.15) is 19.8 Å². The summed E-state index contributed by atoms with van der Waals surface area (Å²) < 4.78 is 4.42. The van der Waals surface area contributed by atoms with Crippen LogP contribution in [0.2, 0.25) is 0 Å². The summed E-state index contributed by atoms with van der Waals surface area (Å²) in [4.78, 5) is 23.5. The van der Waals surface area contributed by atoms with Gasteiger partial charge in [0.25, 0.3) is 0 Å². The van der Waals surface area contributed by atoms with E-state index in [0.717, 1.165) is 69.9 Å². The lowest BCUT2D eigenvalue weighted by Crippen LogP contribution is -2.28. The van der Waals surface area contributed by atoms with Gasteiger partial charge in [0, 0.05) is 42.2 Å². The van der Waals surface area contributed by atoms with E-state index in [2.05, 4.69) is 52.9 Å². The van der Waals surface area contributed by atoms with Crippen molar-refractivity contribution in [2.75, 3.05) is 13.6 Å². The quantitative estimate of drug-likeness (QED) is 0.274. The van der Waals surface area contributed by atoms with Gasteiger partial charge in [0.2, 0.25) is 0 Å². The monoisotopic (exact) mass is 553 g/mol. The van der Waals surface area contributed by atoms with Crippen LogP contribution in [-0.4, -0.2) is 62.9 Å². The molecule has 3 aromatic heterocycles. The van der Waals surface area contributed by atoms with Crippen molar-refractivity contribution in [1.29, 1.82) is 0 Å². The number of nitrogens with zero attached hydrogens (tertiary/aromatic N) is 5. The molecule has 7 nitrogen and oxygen atoms in total. The number of likely N-dealkylation sites (tertiary alicyclic amines) is 1. The Labute approximate surface area is 245 Å². The number of pyridine rings is 1. The van der Waals surface area contributed by atoms with Gasteiger partial charge < -0.3 is 19.1 Å². The number of benzene rings is 1. The number of aliphatic hydroxyl groups is 1. The first kappa shape index (κ1) is 29.5. The van der Waals surface area contributed by atoms with Crippen LogP contribution in [0.25, 0.3) is 33.6 Å². The van der Waals surface area contributed by atoms with Gasteiger partial charge in [0.15, 0.2) is 5.82 Å². The second-order valence-electron chi connectivity index (χ2n) is 12.4. The summed E-state index contributed by atoms with van der Waals surface area (Å²) in [6.07, 6.45) is 3.84. The summed E-state index contributed by atoms with van der Waals surface area (Å²) in [6, 6.07) is 10.3. The van der Waals surface area contributed by atoms with Crippen molar-refractivity contribution < 1.29 is 9.90 Å². The molecule has 4 aromatic rings. The molecule has 2 aliphatic heterocycles. The number of aryl methyl sites for hydroxylation is 1. The lowest BCUT2D eigenvalue weighted by Gasteiger charge is -2.30. The highest BCUT2D eigenvalue weighted by Crippen LogP contribution is 2.41. The summed E-state index contributed by atoms with van der Waals surface area (Å²) in [7, 11) is 8.20. The zero-order valence-electron chi connectivity index (χ0n) is 25.7. The van der Waals surface area contributed by atoms with Crippen molar-refractivity contribution in [3.63, 3.8) is 0 Å². The first-order valence-electron chi connectivity index (χ1n) is 15.3. The number of carbonyl (C=O) groups excluding carboxylic acids is 1. The van der Waals surface area contributed by atoms with Crippen molar-refractivity contribution in [3.8, 4) is 11.5 Å². The van der Waals surface area contributed by atoms with Crippen molar-refractivity contribution >= 4 is 41.8 Å². The van der Waals surface area contributed by atoms with Crippen LogP contribution in [0.1, 0.15) is 76.7 Å². The van der Waals surface area contributed by atoms with Gasteiger partial charge in [-0.3, -0.25) is 4.79 Å². The van der Waals surface area contributed by atoms with Crippen LogP contribution in [0.5, 0.6) is 0 Å². The van der Waals surface area contributed by atoms with Crippen molar-refractivity contribution in [2.24, 2.45) is 17.8 Å². The maximum atomic E-state index is 11.5. The fourth-order valence-electron chi connectivity index (χ4n) is 6.38. The average Bonchev–Trinajstić information content (AvgIpc) is 3.55. The molecule has 41 heavy (non-hydrogen) atoms. The Morgan fingerprint density at radius 2 is 1.85 bits per heavy atom. The average molecular weight is 554 g/mol. The Hall–Kier alpha value is -2.97. The zero-order valence-corrected chi connectivity index (χ0v) is 25.7. The maximum absolute atomic E-state index is 11.5. The third-order valence-corrected chi connectivity index (χ3v) is 9.46. The predicted octanol–water partition coefficient (Wildman–Crippen LogP) is 5.30. The van der Waals surface area contributed by atoms with Gasteiger partial charge in [-0.1, -0.05) is 39.8 Å². The van der Waals surface area contributed by atoms with Crippen LogP contribution in [-0.2, 0) is 18.7 Å². The first-order valence-corrected chi connectivity index (χ1v) is 15.3. The summed E-state index contributed by atoms with van der Waals surface area (Å²) >= 11 is 0. The van der Waals surface area contributed by atoms with Crippen LogP contribution in [0.3, 0.4) is 0 Å². The second kappa shape index (κ2) is 11.4. The molecule has 1 saturated carbocycles. The Balaban J connectivity index is 0.000000262. The number of rotatable bonds is 4. The van der Waals surface area contributed by atoms with E-state index in [1.807, 2.05) is 32.9 Å². The van der Waals surface area contributed by atoms with Gasteiger partial charge in [-0.15, -0.1) is 0 Å². The second-order valence-corrected chi connectivity index (χ2v) is 12.4. The third kappa shape index (κ3) is 5.49. The molecular weight excluding hydrogens is 509 g/mol. The number of carbonyl (C=O) groups is 1. The lowest BCUT2D eigenvalue weighted by molar-refractivity contribution is 0.0399. The van der Waals surface area contributed by atoms with Crippen LogP contribution < -0.4 is 5.59 Å². The standard InChI is InChI=1S/C23H21BN4O2.C8H17N.C2H6/c1-23(30)6-7-27-20-16(23)8-14(12-29)9-17(20)25-22(27)18-10-15-4-5-19(24)26-21(15)28(18)11-13-2-3-13;1-6-5-9(4)8(3)7(6)2;1-2/h4-5,8-10,12-13,30H,2-3,6-7,11H2,1H3;6-8H,5H2,1-4H3;1-2H3. The molecule has 7 rings (SSSR count). The number of hydrogen-bond donors (Lipinski definition) is 1. The fourth-order valence-corrected chi connectivity index (χ4v) is 6.38. The Morgan fingerprint density at radius 3 is 2.44 bits per heavy atom. The molecule has 3 aliphatic rings. The van der Waals surface area contributed by atoms with Gasteiger partial charge in [-0.25, -0.2) is 9.97 Å². The predicted molar refractivity (Wildman–Crippen MR) is 168 cm³/mol. The smallest absolute Gasteiger partial charge is 0.157 e. The topological polar surface area (TPSA) is 76.2 Å². The Kier molecular flexibility index (Phi) is 8.19. The summed E-state index contributed by atoms with van der Waals surface area (Å²) in [5, 5.41) is 12.0. The van der Waals surface area contributed by atoms with Crippen molar-refractivity contribution in [1.82, 2.24) is 24.0 Å². The number of hydrogen-bond acceptors (Lipinski definition) is 5. The summed E-state index contributed by atoms with van der Waals surface area (Å²) in [5.74, 6) is 3.29. The summed E-state index contributed by atoms with van der Waals surface area (Å²) in [5.41, 5.74) is 4.35. The van der Waals surface area contributed by atoms with Crippen LogP contribution >= 0.6 is 0 Å². The molecule has 2 fully saturated rings.